The minimum absolute atomic E-state index is 0.144. The van der Waals surface area contributed by atoms with Gasteiger partial charge in [-0.25, -0.2) is 0 Å². The van der Waals surface area contributed by atoms with Gasteiger partial charge in [0.15, 0.2) is 0 Å². The molecule has 3 atom stereocenters. The molecule has 0 aromatic heterocycles. The van der Waals surface area contributed by atoms with E-state index in [0.29, 0.717) is 0 Å². The van der Waals surface area contributed by atoms with Crippen LogP contribution in [0.5, 0.6) is 0 Å². The third-order valence-corrected chi connectivity index (χ3v) is 4.63. The quantitative estimate of drug-likeness (QED) is 0.796. The number of nitrogens with one attached hydrogen (secondary N) is 1. The first kappa shape index (κ1) is 17.2. The lowest BCUT2D eigenvalue weighted by Gasteiger charge is -2.35. The maximum absolute atomic E-state index is 5.71. The molecule has 2 aliphatic heterocycles. The summed E-state index contributed by atoms with van der Waals surface area (Å²) in [6.07, 6.45) is 1.50. The van der Waals surface area contributed by atoms with Crippen LogP contribution in [0.2, 0.25) is 0 Å². The average Bonchev–Trinajstić information content (AvgIpc) is 3.03. The summed E-state index contributed by atoms with van der Waals surface area (Å²) >= 11 is 0. The zero-order valence-electron chi connectivity index (χ0n) is 14.3. The molecule has 0 saturated carbocycles. The summed E-state index contributed by atoms with van der Waals surface area (Å²) in [5.41, 5.74) is 0.360. The molecule has 0 radical (unpaired) electrons. The first-order valence-electron chi connectivity index (χ1n) is 7.98. The average molecular weight is 300 g/mol. The molecule has 2 saturated heterocycles. The molecule has 2 aliphatic rings. The number of methoxy groups -OCH3 is 2. The maximum atomic E-state index is 5.71. The zero-order chi connectivity index (χ0) is 15.5. The van der Waals surface area contributed by atoms with Crippen molar-refractivity contribution in [3.63, 3.8) is 0 Å². The van der Waals surface area contributed by atoms with E-state index in [4.69, 9.17) is 14.2 Å². The van der Waals surface area contributed by atoms with Crippen LogP contribution in [0.4, 0.5) is 0 Å². The summed E-state index contributed by atoms with van der Waals surface area (Å²) in [7, 11) is 3.55. The summed E-state index contributed by atoms with van der Waals surface area (Å²) in [6, 6.07) is 0. The lowest BCUT2D eigenvalue weighted by molar-refractivity contribution is -0.00461. The lowest BCUT2D eigenvalue weighted by Crippen LogP contribution is -2.49. The Morgan fingerprint density at radius 2 is 1.81 bits per heavy atom. The topological polar surface area (TPSA) is 43.0 Å². The van der Waals surface area contributed by atoms with Gasteiger partial charge in [-0.3, -0.25) is 4.90 Å². The first-order valence-corrected chi connectivity index (χ1v) is 7.98. The van der Waals surface area contributed by atoms with E-state index in [2.05, 4.69) is 31.0 Å². The fourth-order valence-electron chi connectivity index (χ4n) is 3.30. The molecule has 2 heterocycles. The van der Waals surface area contributed by atoms with E-state index in [1.165, 1.54) is 0 Å². The van der Waals surface area contributed by atoms with Gasteiger partial charge in [-0.2, -0.15) is 0 Å². The van der Waals surface area contributed by atoms with Crippen LogP contribution in [-0.2, 0) is 14.2 Å². The monoisotopic (exact) mass is 300 g/mol. The summed E-state index contributed by atoms with van der Waals surface area (Å²) in [6.45, 7) is 12.3. The molecular weight excluding hydrogens is 268 g/mol. The number of hydrogen-bond acceptors (Lipinski definition) is 5. The third kappa shape index (κ3) is 4.63. The molecule has 21 heavy (non-hydrogen) atoms. The molecule has 124 valence electrons. The Labute approximate surface area is 129 Å². The second-order valence-corrected chi connectivity index (χ2v) is 7.65. The smallest absolute Gasteiger partial charge is 0.0971 e. The predicted molar refractivity (Wildman–Crippen MR) is 83.7 cm³/mol. The molecule has 0 bridgehead atoms. The van der Waals surface area contributed by atoms with Gasteiger partial charge in [0.2, 0.25) is 0 Å². The van der Waals surface area contributed by atoms with Crippen molar-refractivity contribution in [2.24, 2.45) is 5.41 Å². The van der Waals surface area contributed by atoms with Crippen LogP contribution < -0.4 is 5.32 Å². The second-order valence-electron chi connectivity index (χ2n) is 7.65. The molecule has 0 aromatic carbocycles. The fraction of sp³-hybridized carbons (Fsp3) is 1.00. The minimum Gasteiger partial charge on any atom is -0.381 e. The van der Waals surface area contributed by atoms with Gasteiger partial charge in [-0.05, 0) is 27.2 Å². The summed E-state index contributed by atoms with van der Waals surface area (Å²) in [4.78, 5) is 2.47. The Morgan fingerprint density at radius 3 is 2.24 bits per heavy atom. The molecule has 0 aliphatic carbocycles. The fourth-order valence-corrected chi connectivity index (χ4v) is 3.30. The van der Waals surface area contributed by atoms with Crippen molar-refractivity contribution < 1.29 is 14.2 Å². The lowest BCUT2D eigenvalue weighted by atomic mass is 9.85. The predicted octanol–water partition coefficient (Wildman–Crippen LogP) is 1.13. The second kappa shape index (κ2) is 6.92. The van der Waals surface area contributed by atoms with Crippen LogP contribution in [-0.4, -0.2) is 76.3 Å². The highest BCUT2D eigenvalue weighted by Crippen LogP contribution is 2.31. The van der Waals surface area contributed by atoms with Crippen LogP contribution in [0.25, 0.3) is 0 Å². The van der Waals surface area contributed by atoms with E-state index in [-0.39, 0.29) is 23.2 Å². The normalized spacial score (nSPS) is 34.7. The Bertz CT molecular complexity index is 312. The standard InChI is InChI=1S/C16H32N2O3/c1-15(2,3)17-10-16(6-7-21-12-16)11-18-8-13(19-4)14(9-18)20-5/h13-14,17H,6-12H2,1-5H3. The summed E-state index contributed by atoms with van der Waals surface area (Å²) in [5.74, 6) is 0. The van der Waals surface area contributed by atoms with Gasteiger partial charge in [0.1, 0.15) is 0 Å². The third-order valence-electron chi connectivity index (χ3n) is 4.63. The van der Waals surface area contributed by atoms with Gasteiger partial charge in [0.05, 0.1) is 18.8 Å². The first-order chi connectivity index (χ1) is 9.87. The van der Waals surface area contributed by atoms with Crippen molar-refractivity contribution in [3.05, 3.63) is 0 Å². The van der Waals surface area contributed by atoms with E-state index in [1.54, 1.807) is 14.2 Å². The van der Waals surface area contributed by atoms with Crippen LogP contribution >= 0.6 is 0 Å². The molecule has 3 unspecified atom stereocenters. The molecule has 1 N–H and O–H groups in total. The van der Waals surface area contributed by atoms with E-state index in [9.17, 15) is 0 Å². The number of nitrogens with zero attached hydrogens (tertiary/aromatic N) is 1. The molecule has 2 fully saturated rings. The van der Waals surface area contributed by atoms with Crippen LogP contribution in [0.15, 0.2) is 0 Å². The minimum atomic E-state index is 0.144. The summed E-state index contributed by atoms with van der Waals surface area (Å²) in [5, 5.41) is 3.66. The largest absolute Gasteiger partial charge is 0.381 e. The van der Waals surface area contributed by atoms with E-state index < -0.39 is 0 Å². The van der Waals surface area contributed by atoms with Crippen molar-refractivity contribution in [2.45, 2.75) is 44.9 Å². The highest BCUT2D eigenvalue weighted by atomic mass is 16.5. The molecule has 0 amide bonds. The molecule has 5 heteroatoms. The zero-order valence-corrected chi connectivity index (χ0v) is 14.3. The molecule has 5 nitrogen and oxygen atoms in total. The van der Waals surface area contributed by atoms with E-state index >= 15 is 0 Å². The Balaban J connectivity index is 1.94. The number of ether oxygens (including phenoxy) is 3. The van der Waals surface area contributed by atoms with E-state index in [0.717, 1.165) is 45.8 Å². The van der Waals surface area contributed by atoms with Gasteiger partial charge in [0.25, 0.3) is 0 Å². The maximum Gasteiger partial charge on any atom is 0.0971 e. The number of rotatable bonds is 6. The molecule has 0 spiro atoms. The van der Waals surface area contributed by atoms with Gasteiger partial charge >= 0.3 is 0 Å². The van der Waals surface area contributed by atoms with Crippen LogP contribution in [0.1, 0.15) is 27.2 Å². The van der Waals surface area contributed by atoms with Crippen molar-refractivity contribution >= 4 is 0 Å². The molecule has 0 aromatic rings. The Hall–Kier alpha value is -0.200. The van der Waals surface area contributed by atoms with E-state index in [1.807, 2.05) is 0 Å². The van der Waals surface area contributed by atoms with Crippen molar-refractivity contribution in [2.75, 3.05) is 53.6 Å². The highest BCUT2D eigenvalue weighted by molar-refractivity contribution is 4.94. The van der Waals surface area contributed by atoms with Crippen LogP contribution in [0, 0.1) is 5.41 Å². The molecular formula is C16H32N2O3. The van der Waals surface area contributed by atoms with Gasteiger partial charge in [0, 0.05) is 58.0 Å². The molecule has 2 rings (SSSR count). The van der Waals surface area contributed by atoms with Crippen molar-refractivity contribution in [1.82, 2.24) is 10.2 Å². The van der Waals surface area contributed by atoms with Crippen molar-refractivity contribution in [1.29, 1.82) is 0 Å². The SMILES string of the molecule is COC1CN(CC2(CNC(C)(C)C)CCOC2)CC1OC. The number of likely N-dealkylation sites (tertiary alicyclic amines) is 1. The van der Waals surface area contributed by atoms with Gasteiger partial charge in [-0.1, -0.05) is 0 Å². The van der Waals surface area contributed by atoms with Gasteiger partial charge < -0.3 is 19.5 Å². The van der Waals surface area contributed by atoms with Gasteiger partial charge in [-0.15, -0.1) is 0 Å². The highest BCUT2D eigenvalue weighted by Gasteiger charge is 2.41. The number of hydrogen-bond donors (Lipinski definition) is 1. The van der Waals surface area contributed by atoms with Crippen molar-refractivity contribution in [3.8, 4) is 0 Å². The Kier molecular flexibility index (Phi) is 5.65. The summed E-state index contributed by atoms with van der Waals surface area (Å²) < 4.78 is 16.8. The van der Waals surface area contributed by atoms with Crippen LogP contribution in [0.3, 0.4) is 0 Å². The Morgan fingerprint density at radius 1 is 1.19 bits per heavy atom.